The van der Waals surface area contributed by atoms with Crippen molar-refractivity contribution in [2.45, 2.75) is 46.0 Å². The molecule has 35 heavy (non-hydrogen) atoms. The maximum Gasteiger partial charge on any atom is 0.336 e. The minimum Gasteiger partial charge on any atom is -0.462 e. The molecule has 6 nitrogen and oxygen atoms in total. The van der Waals surface area contributed by atoms with Crippen molar-refractivity contribution in [1.29, 1.82) is 0 Å². The number of carbonyl (C=O) groups excluding carboxylic acids is 2. The lowest BCUT2D eigenvalue weighted by molar-refractivity contribution is -0.139. The average molecular weight is 538 g/mol. The first-order valence-corrected chi connectivity index (χ1v) is 12.6. The quantitative estimate of drug-likeness (QED) is 0.502. The zero-order chi connectivity index (χ0) is 24.7. The van der Waals surface area contributed by atoms with Crippen molar-refractivity contribution in [3.63, 3.8) is 0 Å². The fourth-order valence-corrected chi connectivity index (χ4v) is 5.71. The third-order valence-corrected chi connectivity index (χ3v) is 7.42. The van der Waals surface area contributed by atoms with E-state index < -0.39 is 11.9 Å². The summed E-state index contributed by atoms with van der Waals surface area (Å²) in [6.45, 7) is 6.45. The van der Waals surface area contributed by atoms with E-state index in [0.29, 0.717) is 41.2 Å². The molecule has 0 saturated heterocycles. The van der Waals surface area contributed by atoms with E-state index in [1.54, 1.807) is 0 Å². The number of nitrogens with one attached hydrogen (secondary N) is 1. The number of ketones is 1. The number of hydrogen-bond acceptors (Lipinski definition) is 6. The molecule has 0 radical (unpaired) electrons. The van der Waals surface area contributed by atoms with Crippen molar-refractivity contribution < 1.29 is 23.8 Å². The van der Waals surface area contributed by atoms with Crippen LogP contribution in [0.5, 0.6) is 11.5 Å². The van der Waals surface area contributed by atoms with Crippen LogP contribution in [0.15, 0.2) is 69.5 Å². The van der Waals surface area contributed by atoms with Gasteiger partial charge in [-0.05, 0) is 42.0 Å². The van der Waals surface area contributed by atoms with Gasteiger partial charge in [-0.15, -0.1) is 0 Å². The molecule has 1 aliphatic carbocycles. The van der Waals surface area contributed by atoms with Gasteiger partial charge in [-0.3, -0.25) is 4.79 Å². The van der Waals surface area contributed by atoms with Gasteiger partial charge in [0.15, 0.2) is 17.3 Å². The van der Waals surface area contributed by atoms with Crippen LogP contribution in [0, 0.1) is 5.41 Å². The first kappa shape index (κ1) is 23.7. The number of dihydropyridines is 1. The molecule has 182 valence electrons. The standard InChI is InChI=1S/C28H28BrNO5/c1-16-24(27(32)33-10-9-17-7-5-4-6-8-17)25(18-11-22-23(12-19(18)29)35-15-34-22)26-20(30-16)13-28(2,3)14-21(26)31/h4-8,11-12,25,30H,9-10,13-15H2,1-3H3/t25-/m0/s1. The van der Waals surface area contributed by atoms with Crippen molar-refractivity contribution in [2.75, 3.05) is 13.4 Å². The summed E-state index contributed by atoms with van der Waals surface area (Å²) in [4.78, 5) is 27.0. The molecule has 0 bridgehead atoms. The molecule has 0 fully saturated rings. The number of benzene rings is 2. The van der Waals surface area contributed by atoms with Crippen LogP contribution in [-0.4, -0.2) is 25.2 Å². The first-order valence-electron chi connectivity index (χ1n) is 11.8. The number of esters is 1. The van der Waals surface area contributed by atoms with Crippen LogP contribution in [-0.2, 0) is 20.7 Å². The summed E-state index contributed by atoms with van der Waals surface area (Å²) in [5, 5.41) is 3.38. The maximum absolute atomic E-state index is 13.5. The Balaban J connectivity index is 1.53. The van der Waals surface area contributed by atoms with Gasteiger partial charge in [0.25, 0.3) is 0 Å². The van der Waals surface area contributed by atoms with Gasteiger partial charge in [0.05, 0.1) is 12.2 Å². The van der Waals surface area contributed by atoms with Crippen LogP contribution in [0.3, 0.4) is 0 Å². The van der Waals surface area contributed by atoms with Crippen molar-refractivity contribution in [2.24, 2.45) is 5.41 Å². The predicted octanol–water partition coefficient (Wildman–Crippen LogP) is 5.57. The lowest BCUT2D eigenvalue weighted by atomic mass is 9.68. The molecule has 1 N–H and O–H groups in total. The minimum atomic E-state index is -0.567. The van der Waals surface area contributed by atoms with Gasteiger partial charge in [0.1, 0.15) is 0 Å². The van der Waals surface area contributed by atoms with E-state index in [2.05, 4.69) is 35.1 Å². The fourth-order valence-electron chi connectivity index (χ4n) is 5.16. The molecular weight excluding hydrogens is 510 g/mol. The van der Waals surface area contributed by atoms with Gasteiger partial charge in [-0.1, -0.05) is 60.1 Å². The van der Waals surface area contributed by atoms with Crippen molar-refractivity contribution >= 4 is 27.7 Å². The van der Waals surface area contributed by atoms with Gasteiger partial charge in [0, 0.05) is 40.2 Å². The van der Waals surface area contributed by atoms with Gasteiger partial charge >= 0.3 is 5.97 Å². The van der Waals surface area contributed by atoms with Crippen LogP contribution in [0.2, 0.25) is 0 Å². The molecule has 2 heterocycles. The zero-order valence-electron chi connectivity index (χ0n) is 20.1. The molecule has 0 aromatic heterocycles. The van der Waals surface area contributed by atoms with Gasteiger partial charge in [0.2, 0.25) is 6.79 Å². The van der Waals surface area contributed by atoms with Crippen molar-refractivity contribution in [3.05, 3.63) is 80.6 Å². The highest BCUT2D eigenvalue weighted by Gasteiger charge is 2.44. The molecule has 0 unspecified atom stereocenters. The largest absolute Gasteiger partial charge is 0.462 e. The highest BCUT2D eigenvalue weighted by molar-refractivity contribution is 9.10. The molecule has 7 heteroatoms. The molecule has 1 atom stereocenters. The van der Waals surface area contributed by atoms with Crippen LogP contribution >= 0.6 is 15.9 Å². The van der Waals surface area contributed by atoms with E-state index in [1.807, 2.05) is 49.4 Å². The molecule has 3 aliphatic rings. The Kier molecular flexibility index (Phi) is 6.21. The lowest BCUT2D eigenvalue weighted by Gasteiger charge is -2.39. The topological polar surface area (TPSA) is 73.9 Å². The Hall–Kier alpha value is -3.06. The van der Waals surface area contributed by atoms with E-state index in [-0.39, 0.29) is 24.6 Å². The number of allylic oxidation sites excluding steroid dienone is 3. The van der Waals surface area contributed by atoms with Crippen LogP contribution in [0.25, 0.3) is 0 Å². The molecule has 0 saturated carbocycles. The van der Waals surface area contributed by atoms with E-state index in [4.69, 9.17) is 14.2 Å². The summed E-state index contributed by atoms with van der Waals surface area (Å²) in [7, 11) is 0. The first-order chi connectivity index (χ1) is 16.7. The number of carbonyl (C=O) groups is 2. The van der Waals surface area contributed by atoms with Crippen LogP contribution in [0.1, 0.15) is 50.7 Å². The monoisotopic (exact) mass is 537 g/mol. The predicted molar refractivity (Wildman–Crippen MR) is 135 cm³/mol. The summed E-state index contributed by atoms with van der Waals surface area (Å²) in [5.41, 5.74) is 4.37. The van der Waals surface area contributed by atoms with E-state index in [1.165, 1.54) is 0 Å². The van der Waals surface area contributed by atoms with Gasteiger partial charge in [-0.25, -0.2) is 4.79 Å². The SMILES string of the molecule is CC1=C(C(=O)OCCc2ccccc2)[C@H](c2cc3c(cc2Br)OCO3)C2=C(CC(C)(C)CC2=O)N1. The molecule has 2 aliphatic heterocycles. The number of halogens is 1. The normalized spacial score (nSPS) is 20.5. The summed E-state index contributed by atoms with van der Waals surface area (Å²) in [6, 6.07) is 13.6. The highest BCUT2D eigenvalue weighted by atomic mass is 79.9. The molecule has 0 spiro atoms. The number of ether oxygens (including phenoxy) is 3. The van der Waals surface area contributed by atoms with Crippen LogP contribution < -0.4 is 14.8 Å². The minimum absolute atomic E-state index is 0.0420. The number of hydrogen-bond donors (Lipinski definition) is 1. The number of fused-ring (bicyclic) bond motifs is 1. The van der Waals surface area contributed by atoms with Gasteiger partial charge < -0.3 is 19.5 Å². The van der Waals surface area contributed by atoms with E-state index in [0.717, 1.165) is 27.7 Å². The van der Waals surface area contributed by atoms with Gasteiger partial charge in [-0.2, -0.15) is 0 Å². The van der Waals surface area contributed by atoms with E-state index >= 15 is 0 Å². The second-order valence-corrected chi connectivity index (χ2v) is 10.9. The smallest absolute Gasteiger partial charge is 0.336 e. The number of Topliss-reactive ketones (excluding diaryl/α,β-unsaturated/α-hetero) is 1. The van der Waals surface area contributed by atoms with Crippen molar-refractivity contribution in [3.8, 4) is 11.5 Å². The molecule has 0 amide bonds. The molecule has 5 rings (SSSR count). The third kappa shape index (κ3) is 4.61. The number of rotatable bonds is 5. The van der Waals surface area contributed by atoms with Crippen LogP contribution in [0.4, 0.5) is 0 Å². The summed E-state index contributed by atoms with van der Waals surface area (Å²) in [5.74, 6) is 0.280. The average Bonchev–Trinajstić information content (AvgIpc) is 3.24. The highest BCUT2D eigenvalue weighted by Crippen LogP contribution is 2.50. The second-order valence-electron chi connectivity index (χ2n) is 10.0. The second kappa shape index (κ2) is 9.19. The zero-order valence-corrected chi connectivity index (χ0v) is 21.7. The Labute approximate surface area is 213 Å². The van der Waals surface area contributed by atoms with E-state index in [9.17, 15) is 9.59 Å². The Morgan fingerprint density at radius 1 is 1.14 bits per heavy atom. The summed E-state index contributed by atoms with van der Waals surface area (Å²) >= 11 is 3.66. The Morgan fingerprint density at radius 2 is 1.86 bits per heavy atom. The fraction of sp³-hybridized carbons (Fsp3) is 0.357. The molecular formula is C28H28BrNO5. The maximum atomic E-state index is 13.5. The summed E-state index contributed by atoms with van der Waals surface area (Å²) in [6.07, 6.45) is 1.76. The molecule has 2 aromatic rings. The Bertz CT molecular complexity index is 1260. The molecule has 2 aromatic carbocycles. The Morgan fingerprint density at radius 3 is 2.60 bits per heavy atom. The van der Waals surface area contributed by atoms with Crippen molar-refractivity contribution in [1.82, 2.24) is 5.32 Å². The summed E-state index contributed by atoms with van der Waals surface area (Å²) < 4.78 is 17.7. The lowest BCUT2D eigenvalue weighted by Crippen LogP contribution is -2.38. The third-order valence-electron chi connectivity index (χ3n) is 6.73.